The van der Waals surface area contributed by atoms with Gasteiger partial charge in [0.05, 0.1) is 17.3 Å². The predicted molar refractivity (Wildman–Crippen MR) is 252 cm³/mol. The van der Waals surface area contributed by atoms with Gasteiger partial charge < -0.3 is 0 Å². The topological polar surface area (TPSA) is 75.3 Å². The van der Waals surface area contributed by atoms with Crippen LogP contribution >= 0.6 is 0 Å². The van der Waals surface area contributed by atoms with Gasteiger partial charge in [-0.1, -0.05) is 164 Å². The summed E-state index contributed by atoms with van der Waals surface area (Å²) in [5.41, 5.74) is 14.9. The van der Waals surface area contributed by atoms with E-state index in [9.17, 15) is 5.26 Å². The summed E-state index contributed by atoms with van der Waals surface area (Å²) >= 11 is 0. The monoisotopic (exact) mass is 787 g/mol. The lowest BCUT2D eigenvalue weighted by Crippen LogP contribution is -2.00. The van der Waals surface area contributed by atoms with Crippen LogP contribution in [-0.2, 0) is 0 Å². The quantitative estimate of drug-likeness (QED) is 0.157. The van der Waals surface area contributed by atoms with Gasteiger partial charge in [0.1, 0.15) is 0 Å². The summed E-state index contributed by atoms with van der Waals surface area (Å²) in [7, 11) is 0. The van der Waals surface area contributed by atoms with Crippen LogP contribution in [0.3, 0.4) is 0 Å². The summed E-state index contributed by atoms with van der Waals surface area (Å²) in [5, 5.41) is 16.6. The standard InChI is InChI=1S/C57H33N5/c58-34-35-16-18-36(19-17-35)42-28-29-49-43-11-4-5-12-44(43)50-31-30-48(53(42)54(49)50)45-13-8-14-46-47(45)27-26-37-20-25-41(33-51(37)46)57-61-55(39-9-2-1-3-10-39)60-56(62-57)40-23-21-38(22-24-40)52-15-6-7-32-59-52/h1-33H. The Morgan fingerprint density at radius 1 is 0.339 bits per heavy atom. The van der Waals surface area contributed by atoms with Crippen molar-refractivity contribution in [3.8, 4) is 96.0 Å². The molecule has 11 aromatic rings. The van der Waals surface area contributed by atoms with Crippen molar-refractivity contribution in [3.05, 3.63) is 206 Å². The van der Waals surface area contributed by atoms with E-state index in [0.29, 0.717) is 23.0 Å². The van der Waals surface area contributed by atoms with Crippen LogP contribution in [0, 0.1) is 11.3 Å². The molecule has 9 aromatic carbocycles. The lowest BCUT2D eigenvalue weighted by Gasteiger charge is -2.17. The number of nitrogens with zero attached hydrogens (tertiary/aromatic N) is 5. The SMILES string of the molecule is N#Cc1ccc(-c2ccc3c4c(ccc(-c5cccc6c5ccc5ccc(-c7nc(-c8ccccc8)nc(-c8ccc(-c9ccccn9)cc8)n7)cc56)c24)-c2ccccc2-3)cc1. The van der Waals surface area contributed by atoms with Crippen molar-refractivity contribution in [2.75, 3.05) is 0 Å². The van der Waals surface area contributed by atoms with Gasteiger partial charge in [0.2, 0.25) is 0 Å². The van der Waals surface area contributed by atoms with E-state index in [0.717, 1.165) is 66.2 Å². The van der Waals surface area contributed by atoms with Gasteiger partial charge in [0.25, 0.3) is 0 Å². The molecule has 5 heteroatoms. The van der Waals surface area contributed by atoms with Crippen LogP contribution < -0.4 is 0 Å². The molecule has 0 bridgehead atoms. The first-order valence-electron chi connectivity index (χ1n) is 20.7. The zero-order chi connectivity index (χ0) is 41.1. The van der Waals surface area contributed by atoms with E-state index in [1.807, 2.05) is 66.9 Å². The Balaban J connectivity index is 1.03. The molecule has 0 N–H and O–H groups in total. The number of pyridine rings is 1. The predicted octanol–water partition coefficient (Wildman–Crippen LogP) is 14.2. The van der Waals surface area contributed by atoms with Crippen molar-refractivity contribution in [2.45, 2.75) is 0 Å². The molecule has 0 spiro atoms. The highest BCUT2D eigenvalue weighted by atomic mass is 15.0. The number of rotatable bonds is 6. The van der Waals surface area contributed by atoms with Crippen LogP contribution in [0.4, 0.5) is 0 Å². The minimum absolute atomic E-state index is 0.606. The largest absolute Gasteiger partial charge is 0.256 e. The second-order valence-corrected chi connectivity index (χ2v) is 15.7. The highest BCUT2D eigenvalue weighted by Gasteiger charge is 2.25. The minimum atomic E-state index is 0.606. The first-order valence-corrected chi connectivity index (χ1v) is 20.7. The lowest BCUT2D eigenvalue weighted by molar-refractivity contribution is 1.07. The van der Waals surface area contributed by atoms with Crippen LogP contribution in [0.5, 0.6) is 0 Å². The summed E-state index contributed by atoms with van der Waals surface area (Å²) in [6.45, 7) is 0. The van der Waals surface area contributed by atoms with E-state index in [-0.39, 0.29) is 0 Å². The van der Waals surface area contributed by atoms with Crippen LogP contribution in [0.15, 0.2) is 200 Å². The molecule has 1 aliphatic rings. The van der Waals surface area contributed by atoms with Gasteiger partial charge in [-0.05, 0) is 107 Å². The zero-order valence-electron chi connectivity index (χ0n) is 33.3. The average Bonchev–Trinajstić information content (AvgIpc) is 3.68. The number of fused-ring (bicyclic) bond motifs is 6. The molecule has 0 saturated carbocycles. The van der Waals surface area contributed by atoms with Crippen molar-refractivity contribution >= 4 is 32.3 Å². The molecule has 0 fully saturated rings. The first-order chi connectivity index (χ1) is 30.7. The molecule has 0 saturated heterocycles. The minimum Gasteiger partial charge on any atom is -0.256 e. The Morgan fingerprint density at radius 2 is 0.887 bits per heavy atom. The third kappa shape index (κ3) is 5.77. The van der Waals surface area contributed by atoms with Crippen LogP contribution in [0.2, 0.25) is 0 Å². The first kappa shape index (κ1) is 35.4. The molecule has 1 aliphatic carbocycles. The van der Waals surface area contributed by atoms with Crippen LogP contribution in [0.25, 0.3) is 122 Å². The van der Waals surface area contributed by atoms with E-state index in [2.05, 4.69) is 145 Å². The van der Waals surface area contributed by atoms with Gasteiger partial charge in [-0.2, -0.15) is 5.26 Å². The number of benzene rings is 9. The van der Waals surface area contributed by atoms with Gasteiger partial charge in [0, 0.05) is 28.5 Å². The summed E-state index contributed by atoms with van der Waals surface area (Å²) < 4.78 is 0. The Bertz CT molecular complexity index is 3580. The van der Waals surface area contributed by atoms with Crippen LogP contribution in [-0.4, -0.2) is 19.9 Å². The molecule has 2 heterocycles. The second-order valence-electron chi connectivity index (χ2n) is 15.7. The number of hydrogen-bond acceptors (Lipinski definition) is 5. The number of hydrogen-bond donors (Lipinski definition) is 0. The van der Waals surface area contributed by atoms with E-state index in [4.69, 9.17) is 15.0 Å². The number of nitriles is 1. The molecule has 0 amide bonds. The second kappa shape index (κ2) is 14.3. The fourth-order valence-electron chi connectivity index (χ4n) is 9.22. The number of aromatic nitrogens is 4. The maximum absolute atomic E-state index is 9.60. The van der Waals surface area contributed by atoms with Gasteiger partial charge in [-0.3, -0.25) is 4.98 Å². The molecule has 2 aromatic heterocycles. The molecule has 286 valence electrons. The van der Waals surface area contributed by atoms with Crippen molar-refractivity contribution < 1.29 is 0 Å². The smallest absolute Gasteiger partial charge is 0.164 e. The van der Waals surface area contributed by atoms with Crippen LogP contribution in [0.1, 0.15) is 5.56 Å². The van der Waals surface area contributed by atoms with Crippen molar-refractivity contribution in [1.29, 1.82) is 5.26 Å². The summed E-state index contributed by atoms with van der Waals surface area (Å²) in [6, 6.07) is 69.9. The third-order valence-electron chi connectivity index (χ3n) is 12.2. The Morgan fingerprint density at radius 3 is 1.58 bits per heavy atom. The molecule has 0 aliphatic heterocycles. The molecule has 0 atom stereocenters. The fraction of sp³-hybridized carbons (Fsp3) is 0. The summed E-state index contributed by atoms with van der Waals surface area (Å²) in [5.74, 6) is 1.83. The maximum atomic E-state index is 9.60. The van der Waals surface area contributed by atoms with Crippen molar-refractivity contribution in [2.24, 2.45) is 0 Å². The molecule has 5 nitrogen and oxygen atoms in total. The van der Waals surface area contributed by atoms with E-state index in [1.54, 1.807) is 0 Å². The third-order valence-corrected chi connectivity index (χ3v) is 12.2. The molecule has 0 radical (unpaired) electrons. The molecular weight excluding hydrogens is 755 g/mol. The van der Waals surface area contributed by atoms with Gasteiger partial charge in [0.15, 0.2) is 17.5 Å². The average molecular weight is 788 g/mol. The van der Waals surface area contributed by atoms with Crippen molar-refractivity contribution in [1.82, 2.24) is 19.9 Å². The normalized spacial score (nSPS) is 11.5. The maximum Gasteiger partial charge on any atom is 0.164 e. The van der Waals surface area contributed by atoms with E-state index < -0.39 is 0 Å². The van der Waals surface area contributed by atoms with Gasteiger partial charge >= 0.3 is 0 Å². The summed E-state index contributed by atoms with van der Waals surface area (Å²) in [6.07, 6.45) is 1.81. The van der Waals surface area contributed by atoms with Crippen molar-refractivity contribution in [3.63, 3.8) is 0 Å². The van der Waals surface area contributed by atoms with E-state index in [1.165, 1.54) is 38.6 Å². The zero-order valence-corrected chi connectivity index (χ0v) is 33.3. The Kier molecular flexibility index (Phi) is 8.16. The molecule has 0 unspecified atom stereocenters. The highest BCUT2D eigenvalue weighted by Crippen LogP contribution is 2.52. The van der Waals surface area contributed by atoms with Gasteiger partial charge in [-0.15, -0.1) is 0 Å². The highest BCUT2D eigenvalue weighted by molar-refractivity contribution is 6.24. The van der Waals surface area contributed by atoms with E-state index >= 15 is 0 Å². The Hall–Kier alpha value is -8.59. The summed E-state index contributed by atoms with van der Waals surface area (Å²) in [4.78, 5) is 19.7. The molecular formula is C57H33N5. The van der Waals surface area contributed by atoms with Gasteiger partial charge in [-0.25, -0.2) is 15.0 Å². The molecule has 12 rings (SSSR count). The Labute approximate surface area is 358 Å². The fourth-order valence-corrected chi connectivity index (χ4v) is 9.22. The lowest BCUT2D eigenvalue weighted by atomic mass is 9.86. The molecule has 62 heavy (non-hydrogen) atoms.